The molecule has 0 aliphatic rings. The molecule has 0 aliphatic heterocycles. The minimum absolute atomic E-state index is 0.0824. The van der Waals surface area contributed by atoms with Crippen LogP contribution in [-0.2, 0) is 14.3 Å². The molecule has 0 spiro atoms. The third-order valence-electron chi connectivity index (χ3n) is 2.59. The van der Waals surface area contributed by atoms with Gasteiger partial charge >= 0.3 is 0 Å². The maximum absolute atomic E-state index is 11.3. The van der Waals surface area contributed by atoms with Crippen LogP contribution in [0.15, 0.2) is 0 Å². The normalized spacial score (nSPS) is 15.1. The van der Waals surface area contributed by atoms with Gasteiger partial charge in [-0.3, -0.25) is 4.79 Å². The average Bonchev–Trinajstić information content (AvgIpc) is 2.20. The Kier molecular flexibility index (Phi) is 8.43. The molecular formula is C12H24O4. The SMILES string of the molecule is COCCOCC(O)CC(C(C)=O)C(C)C. The lowest BCUT2D eigenvalue weighted by Crippen LogP contribution is -2.27. The third-order valence-corrected chi connectivity index (χ3v) is 2.59. The molecule has 4 nitrogen and oxygen atoms in total. The minimum atomic E-state index is -0.576. The summed E-state index contributed by atoms with van der Waals surface area (Å²) >= 11 is 0. The summed E-state index contributed by atoms with van der Waals surface area (Å²) in [4.78, 5) is 11.3. The first-order chi connectivity index (χ1) is 7.49. The average molecular weight is 232 g/mol. The zero-order valence-electron chi connectivity index (χ0n) is 10.7. The molecular weight excluding hydrogens is 208 g/mol. The second-order valence-electron chi connectivity index (χ2n) is 4.42. The molecule has 0 fully saturated rings. The van der Waals surface area contributed by atoms with Gasteiger partial charge in [-0.25, -0.2) is 0 Å². The highest BCUT2D eigenvalue weighted by atomic mass is 16.5. The van der Waals surface area contributed by atoms with E-state index >= 15 is 0 Å². The van der Waals surface area contributed by atoms with Crippen LogP contribution in [0.25, 0.3) is 0 Å². The summed E-state index contributed by atoms with van der Waals surface area (Å²) in [5.41, 5.74) is 0. The van der Waals surface area contributed by atoms with Gasteiger partial charge in [0.05, 0.1) is 25.9 Å². The zero-order valence-corrected chi connectivity index (χ0v) is 10.7. The molecule has 0 aromatic heterocycles. The van der Waals surface area contributed by atoms with E-state index < -0.39 is 6.10 Å². The number of hydrogen-bond donors (Lipinski definition) is 1. The van der Waals surface area contributed by atoms with Crippen LogP contribution in [0.2, 0.25) is 0 Å². The molecule has 0 rings (SSSR count). The van der Waals surface area contributed by atoms with Crippen molar-refractivity contribution in [2.75, 3.05) is 26.9 Å². The molecule has 0 aliphatic carbocycles. The Morgan fingerprint density at radius 1 is 1.31 bits per heavy atom. The van der Waals surface area contributed by atoms with E-state index in [-0.39, 0.29) is 24.2 Å². The molecule has 2 atom stereocenters. The fourth-order valence-electron chi connectivity index (χ4n) is 1.63. The Morgan fingerprint density at radius 3 is 2.38 bits per heavy atom. The van der Waals surface area contributed by atoms with Crippen LogP contribution < -0.4 is 0 Å². The van der Waals surface area contributed by atoms with E-state index in [1.54, 1.807) is 14.0 Å². The van der Waals surface area contributed by atoms with Crippen LogP contribution in [0.5, 0.6) is 0 Å². The molecule has 0 aromatic rings. The van der Waals surface area contributed by atoms with Gasteiger partial charge in [0.2, 0.25) is 0 Å². The van der Waals surface area contributed by atoms with Crippen LogP contribution in [0.3, 0.4) is 0 Å². The summed E-state index contributed by atoms with van der Waals surface area (Å²) in [6.45, 7) is 6.81. The van der Waals surface area contributed by atoms with E-state index in [4.69, 9.17) is 9.47 Å². The predicted molar refractivity (Wildman–Crippen MR) is 62.3 cm³/mol. The van der Waals surface area contributed by atoms with E-state index in [9.17, 15) is 9.90 Å². The highest BCUT2D eigenvalue weighted by Gasteiger charge is 2.21. The summed E-state index contributed by atoms with van der Waals surface area (Å²) in [6.07, 6.45) is -0.104. The summed E-state index contributed by atoms with van der Waals surface area (Å²) in [5, 5.41) is 9.70. The summed E-state index contributed by atoms with van der Waals surface area (Å²) < 4.78 is 10.0. The molecule has 96 valence electrons. The smallest absolute Gasteiger partial charge is 0.133 e. The van der Waals surface area contributed by atoms with E-state index in [2.05, 4.69) is 0 Å². The van der Waals surface area contributed by atoms with E-state index in [1.165, 1.54) is 0 Å². The molecule has 0 amide bonds. The van der Waals surface area contributed by atoms with Gasteiger partial charge in [0, 0.05) is 13.0 Å². The third kappa shape index (κ3) is 6.93. The number of carbonyl (C=O) groups excluding carboxylic acids is 1. The first-order valence-electron chi connectivity index (χ1n) is 5.74. The molecule has 16 heavy (non-hydrogen) atoms. The Morgan fingerprint density at radius 2 is 1.94 bits per heavy atom. The number of rotatable bonds is 9. The number of Topliss-reactive ketones (excluding diaryl/α,β-unsaturated/α-hetero) is 1. The second kappa shape index (κ2) is 8.67. The topological polar surface area (TPSA) is 55.8 Å². The van der Waals surface area contributed by atoms with Crippen molar-refractivity contribution in [3.05, 3.63) is 0 Å². The number of carbonyl (C=O) groups is 1. The lowest BCUT2D eigenvalue weighted by atomic mass is 9.87. The maximum atomic E-state index is 11.3. The van der Waals surface area contributed by atoms with Crippen molar-refractivity contribution in [1.29, 1.82) is 0 Å². The van der Waals surface area contributed by atoms with E-state index in [1.807, 2.05) is 13.8 Å². The van der Waals surface area contributed by atoms with Crippen molar-refractivity contribution in [3.8, 4) is 0 Å². The van der Waals surface area contributed by atoms with Crippen molar-refractivity contribution >= 4 is 5.78 Å². The van der Waals surface area contributed by atoms with Crippen molar-refractivity contribution in [2.45, 2.75) is 33.3 Å². The van der Waals surface area contributed by atoms with Crippen molar-refractivity contribution in [2.24, 2.45) is 11.8 Å². The zero-order chi connectivity index (χ0) is 12.6. The number of methoxy groups -OCH3 is 1. The van der Waals surface area contributed by atoms with Gasteiger partial charge < -0.3 is 14.6 Å². The summed E-state index contributed by atoms with van der Waals surface area (Å²) in [7, 11) is 1.60. The van der Waals surface area contributed by atoms with Gasteiger partial charge in [-0.05, 0) is 19.3 Å². The number of aliphatic hydroxyl groups is 1. The van der Waals surface area contributed by atoms with Crippen LogP contribution in [0.4, 0.5) is 0 Å². The van der Waals surface area contributed by atoms with Crippen molar-refractivity contribution < 1.29 is 19.4 Å². The Hall–Kier alpha value is -0.450. The second-order valence-corrected chi connectivity index (χ2v) is 4.42. The van der Waals surface area contributed by atoms with Crippen molar-refractivity contribution in [3.63, 3.8) is 0 Å². The van der Waals surface area contributed by atoms with Crippen LogP contribution in [0, 0.1) is 11.8 Å². The van der Waals surface area contributed by atoms with Crippen LogP contribution >= 0.6 is 0 Å². The highest BCUT2D eigenvalue weighted by Crippen LogP contribution is 2.18. The Labute approximate surface area is 97.9 Å². The molecule has 2 unspecified atom stereocenters. The fourth-order valence-corrected chi connectivity index (χ4v) is 1.63. The van der Waals surface area contributed by atoms with E-state index in [0.29, 0.717) is 19.6 Å². The number of ketones is 1. The molecule has 1 N–H and O–H groups in total. The molecule has 0 saturated carbocycles. The van der Waals surface area contributed by atoms with Gasteiger partial charge in [0.25, 0.3) is 0 Å². The number of hydrogen-bond acceptors (Lipinski definition) is 4. The molecule has 0 saturated heterocycles. The fraction of sp³-hybridized carbons (Fsp3) is 0.917. The Balaban J connectivity index is 3.82. The Bertz CT molecular complexity index is 191. The van der Waals surface area contributed by atoms with Crippen molar-refractivity contribution in [1.82, 2.24) is 0 Å². The standard InChI is InChI=1S/C12H24O4/c1-9(2)12(10(3)13)7-11(14)8-16-6-5-15-4/h9,11-12,14H,5-8H2,1-4H3. The predicted octanol–water partition coefficient (Wildman–Crippen LogP) is 1.26. The quantitative estimate of drug-likeness (QED) is 0.608. The first kappa shape index (κ1) is 15.6. The molecule has 4 heteroatoms. The van der Waals surface area contributed by atoms with Gasteiger partial charge in [0.1, 0.15) is 5.78 Å². The molecule has 0 heterocycles. The first-order valence-corrected chi connectivity index (χ1v) is 5.74. The summed E-state index contributed by atoms with van der Waals surface area (Å²) in [6, 6.07) is 0. The van der Waals surface area contributed by atoms with Gasteiger partial charge in [-0.1, -0.05) is 13.8 Å². The summed E-state index contributed by atoms with van der Waals surface area (Å²) in [5.74, 6) is 0.304. The number of ether oxygens (including phenoxy) is 2. The lowest BCUT2D eigenvalue weighted by molar-refractivity contribution is -0.123. The maximum Gasteiger partial charge on any atom is 0.133 e. The largest absolute Gasteiger partial charge is 0.391 e. The lowest BCUT2D eigenvalue weighted by Gasteiger charge is -2.21. The van der Waals surface area contributed by atoms with Crippen LogP contribution in [-0.4, -0.2) is 43.9 Å². The van der Waals surface area contributed by atoms with Gasteiger partial charge in [-0.15, -0.1) is 0 Å². The number of aliphatic hydroxyl groups excluding tert-OH is 1. The highest BCUT2D eigenvalue weighted by molar-refractivity contribution is 5.78. The van der Waals surface area contributed by atoms with Crippen LogP contribution in [0.1, 0.15) is 27.2 Å². The molecule has 0 bridgehead atoms. The molecule has 0 aromatic carbocycles. The minimum Gasteiger partial charge on any atom is -0.391 e. The molecule has 0 radical (unpaired) electrons. The van der Waals surface area contributed by atoms with E-state index in [0.717, 1.165) is 0 Å². The van der Waals surface area contributed by atoms with Gasteiger partial charge in [-0.2, -0.15) is 0 Å². The monoisotopic (exact) mass is 232 g/mol. The van der Waals surface area contributed by atoms with Gasteiger partial charge in [0.15, 0.2) is 0 Å².